The first-order valence-corrected chi connectivity index (χ1v) is 10.9. The molecule has 0 aliphatic heterocycles. The lowest BCUT2D eigenvalue weighted by molar-refractivity contribution is -0.105. The second-order valence-corrected chi connectivity index (χ2v) is 8.65. The Labute approximate surface area is 201 Å². The molecule has 3 heterocycles. The molecule has 0 bridgehead atoms. The number of anilines is 1. The molecule has 10 nitrogen and oxygen atoms in total. The van der Waals surface area contributed by atoms with Gasteiger partial charge < -0.3 is 15.4 Å². The molecule has 0 atom stereocenters. The summed E-state index contributed by atoms with van der Waals surface area (Å²) >= 11 is 0. The van der Waals surface area contributed by atoms with Gasteiger partial charge in [-0.05, 0) is 62.7 Å². The van der Waals surface area contributed by atoms with Crippen LogP contribution in [-0.4, -0.2) is 43.9 Å². The van der Waals surface area contributed by atoms with Crippen molar-refractivity contribution in [2.45, 2.75) is 32.9 Å². The lowest BCUT2D eigenvalue weighted by atomic mass is 10.2. The predicted molar refractivity (Wildman–Crippen MR) is 130 cm³/mol. The maximum Gasteiger partial charge on any atom is 0.407 e. The SMILES string of the molecule is CC(C)(C)OC(=O)NCc1ccc(-n2c(-c3cccnc3NC=O)nc3ccc(C=O)nc32)cc1. The zero-order valence-electron chi connectivity index (χ0n) is 19.5. The third-order valence-electron chi connectivity index (χ3n) is 4.92. The van der Waals surface area contributed by atoms with Crippen molar-refractivity contribution >= 4 is 35.8 Å². The number of alkyl carbamates (subject to hydrolysis) is 1. The molecule has 0 saturated carbocycles. The molecule has 3 aromatic heterocycles. The standard InChI is InChI=1S/C25H24N6O4/c1-25(2,3)35-24(34)27-13-16-6-9-18(10-7-16)31-22(19-5-4-12-26-21(19)28-15-33)30-20-11-8-17(14-32)29-23(20)31/h4-12,14-15H,13H2,1-3H3,(H,27,34)(H,26,28,33). The second-order valence-electron chi connectivity index (χ2n) is 8.65. The van der Waals surface area contributed by atoms with Gasteiger partial charge in [0, 0.05) is 18.4 Å². The van der Waals surface area contributed by atoms with Gasteiger partial charge in [0.2, 0.25) is 6.41 Å². The number of carbonyl (C=O) groups is 3. The van der Waals surface area contributed by atoms with Crippen LogP contribution in [0.4, 0.5) is 10.6 Å². The quantitative estimate of drug-likeness (QED) is 0.391. The number of nitrogens with one attached hydrogen (secondary N) is 2. The fourth-order valence-electron chi connectivity index (χ4n) is 3.47. The molecule has 0 saturated heterocycles. The van der Waals surface area contributed by atoms with Gasteiger partial charge in [-0.2, -0.15) is 0 Å². The molecule has 0 fully saturated rings. The number of carbonyl (C=O) groups excluding carboxylic acids is 3. The minimum absolute atomic E-state index is 0.265. The molecule has 35 heavy (non-hydrogen) atoms. The zero-order chi connectivity index (χ0) is 25.0. The van der Waals surface area contributed by atoms with E-state index in [-0.39, 0.29) is 12.2 Å². The summed E-state index contributed by atoms with van der Waals surface area (Å²) in [4.78, 5) is 47.9. The molecule has 2 N–H and O–H groups in total. The normalized spacial score (nSPS) is 11.2. The van der Waals surface area contributed by atoms with Crippen molar-refractivity contribution in [1.82, 2.24) is 24.8 Å². The highest BCUT2D eigenvalue weighted by Crippen LogP contribution is 2.31. The van der Waals surface area contributed by atoms with Crippen LogP contribution in [0.2, 0.25) is 0 Å². The van der Waals surface area contributed by atoms with Gasteiger partial charge in [0.15, 0.2) is 17.8 Å². The Bertz CT molecular complexity index is 1390. The first kappa shape index (κ1) is 23.6. The third-order valence-corrected chi connectivity index (χ3v) is 4.92. The first-order chi connectivity index (χ1) is 16.8. The van der Waals surface area contributed by atoms with Crippen LogP contribution in [0.1, 0.15) is 36.8 Å². The summed E-state index contributed by atoms with van der Waals surface area (Å²) in [7, 11) is 0. The molecule has 10 heteroatoms. The Hall–Kier alpha value is -4.60. The number of aldehydes is 1. The summed E-state index contributed by atoms with van der Waals surface area (Å²) in [5.74, 6) is 0.834. The molecule has 4 aromatic rings. The summed E-state index contributed by atoms with van der Waals surface area (Å²) in [5, 5.41) is 5.33. The lowest BCUT2D eigenvalue weighted by Gasteiger charge is -2.19. The topological polar surface area (TPSA) is 128 Å². The van der Waals surface area contributed by atoms with Crippen LogP contribution in [0.25, 0.3) is 28.2 Å². The molecule has 0 unspecified atom stereocenters. The maximum atomic E-state index is 12.0. The van der Waals surface area contributed by atoms with E-state index in [1.54, 1.807) is 55.8 Å². The second kappa shape index (κ2) is 9.72. The van der Waals surface area contributed by atoms with E-state index in [4.69, 9.17) is 9.72 Å². The van der Waals surface area contributed by atoms with E-state index < -0.39 is 11.7 Å². The maximum absolute atomic E-state index is 12.0. The Balaban J connectivity index is 1.74. The number of hydrogen-bond acceptors (Lipinski definition) is 7. The third kappa shape index (κ3) is 5.32. The van der Waals surface area contributed by atoms with E-state index in [1.165, 1.54) is 0 Å². The number of amides is 2. The van der Waals surface area contributed by atoms with Crippen molar-refractivity contribution in [1.29, 1.82) is 0 Å². The monoisotopic (exact) mass is 472 g/mol. The van der Waals surface area contributed by atoms with Crippen LogP contribution in [-0.2, 0) is 16.1 Å². The van der Waals surface area contributed by atoms with Crippen molar-refractivity contribution in [2.75, 3.05) is 5.32 Å². The Kier molecular flexibility index (Phi) is 6.54. The van der Waals surface area contributed by atoms with Crippen molar-refractivity contribution in [3.63, 3.8) is 0 Å². The number of benzene rings is 1. The van der Waals surface area contributed by atoms with Crippen LogP contribution in [0.5, 0.6) is 0 Å². The van der Waals surface area contributed by atoms with E-state index in [9.17, 15) is 14.4 Å². The zero-order valence-corrected chi connectivity index (χ0v) is 19.5. The Morgan fingerprint density at radius 3 is 2.51 bits per heavy atom. The van der Waals surface area contributed by atoms with Gasteiger partial charge in [0.25, 0.3) is 0 Å². The van der Waals surface area contributed by atoms with Crippen LogP contribution in [0.3, 0.4) is 0 Å². The van der Waals surface area contributed by atoms with Crippen LogP contribution < -0.4 is 10.6 Å². The van der Waals surface area contributed by atoms with Gasteiger partial charge >= 0.3 is 6.09 Å². The molecule has 2 amide bonds. The van der Waals surface area contributed by atoms with Gasteiger partial charge in [-0.15, -0.1) is 0 Å². The number of imidazole rings is 1. The largest absolute Gasteiger partial charge is 0.444 e. The van der Waals surface area contributed by atoms with Gasteiger partial charge in [-0.3, -0.25) is 14.2 Å². The summed E-state index contributed by atoms with van der Waals surface area (Å²) < 4.78 is 7.06. The molecular formula is C25H24N6O4. The van der Waals surface area contributed by atoms with E-state index in [0.717, 1.165) is 11.3 Å². The number of aromatic nitrogens is 4. The summed E-state index contributed by atoms with van der Waals surface area (Å²) in [6.07, 6.45) is 2.29. The number of nitrogens with zero attached hydrogens (tertiary/aromatic N) is 4. The molecule has 0 aliphatic carbocycles. The summed E-state index contributed by atoms with van der Waals surface area (Å²) in [5.41, 5.74) is 2.90. The highest BCUT2D eigenvalue weighted by Gasteiger charge is 2.19. The molecule has 178 valence electrons. The van der Waals surface area contributed by atoms with Crippen molar-refractivity contribution in [2.24, 2.45) is 0 Å². The number of rotatable bonds is 7. The average molecular weight is 473 g/mol. The lowest BCUT2D eigenvalue weighted by Crippen LogP contribution is -2.32. The number of ether oxygens (including phenoxy) is 1. The van der Waals surface area contributed by atoms with E-state index in [1.807, 2.05) is 24.3 Å². The van der Waals surface area contributed by atoms with Crippen LogP contribution in [0.15, 0.2) is 54.7 Å². The molecule has 4 rings (SSSR count). The number of pyridine rings is 2. The number of fused-ring (bicyclic) bond motifs is 1. The fraction of sp³-hybridized carbons (Fsp3) is 0.200. The summed E-state index contributed by atoms with van der Waals surface area (Å²) in [6, 6.07) is 14.3. The van der Waals surface area contributed by atoms with Gasteiger partial charge in [-0.1, -0.05) is 12.1 Å². The van der Waals surface area contributed by atoms with E-state index in [0.29, 0.717) is 41.1 Å². The smallest absolute Gasteiger partial charge is 0.407 e. The highest BCUT2D eigenvalue weighted by atomic mass is 16.6. The molecule has 0 aliphatic rings. The highest BCUT2D eigenvalue weighted by molar-refractivity contribution is 5.87. The van der Waals surface area contributed by atoms with Gasteiger partial charge in [0.05, 0.1) is 5.56 Å². The van der Waals surface area contributed by atoms with Crippen LogP contribution >= 0.6 is 0 Å². The minimum Gasteiger partial charge on any atom is -0.444 e. The van der Waals surface area contributed by atoms with Crippen molar-refractivity contribution in [3.05, 3.63) is 66.0 Å². The minimum atomic E-state index is -0.579. The van der Waals surface area contributed by atoms with Crippen molar-refractivity contribution in [3.8, 4) is 17.1 Å². The number of hydrogen-bond donors (Lipinski definition) is 2. The fourth-order valence-corrected chi connectivity index (χ4v) is 3.47. The van der Waals surface area contributed by atoms with Crippen molar-refractivity contribution < 1.29 is 19.1 Å². The van der Waals surface area contributed by atoms with Gasteiger partial charge in [-0.25, -0.2) is 19.7 Å². The van der Waals surface area contributed by atoms with E-state index >= 15 is 0 Å². The average Bonchev–Trinajstić information content (AvgIpc) is 3.21. The molecule has 1 aromatic carbocycles. The van der Waals surface area contributed by atoms with Gasteiger partial charge in [0.1, 0.15) is 22.6 Å². The molecular weight excluding hydrogens is 448 g/mol. The molecule has 0 spiro atoms. The Morgan fingerprint density at radius 2 is 1.83 bits per heavy atom. The van der Waals surface area contributed by atoms with E-state index in [2.05, 4.69) is 20.6 Å². The first-order valence-electron chi connectivity index (χ1n) is 10.9. The molecule has 0 radical (unpaired) electrons. The van der Waals surface area contributed by atoms with Crippen LogP contribution in [0, 0.1) is 0 Å². The Morgan fingerprint density at radius 1 is 1.06 bits per heavy atom. The predicted octanol–water partition coefficient (Wildman–Crippen LogP) is 3.89. The summed E-state index contributed by atoms with van der Waals surface area (Å²) in [6.45, 7) is 5.69.